The van der Waals surface area contributed by atoms with Crippen molar-refractivity contribution in [1.29, 1.82) is 0 Å². The lowest BCUT2D eigenvalue weighted by molar-refractivity contribution is -0.400. The monoisotopic (exact) mass is 148 g/mol. The Hall–Kier alpha value is -1.64. The Labute approximate surface area is 64.1 Å². The quantitative estimate of drug-likeness (QED) is 0.473. The lowest BCUT2D eigenvalue weighted by Crippen LogP contribution is -1.81. The van der Waals surface area contributed by atoms with Gasteiger partial charge in [-0.3, -0.25) is 10.1 Å². The van der Waals surface area contributed by atoms with Crippen LogP contribution >= 0.6 is 0 Å². The fourth-order valence-corrected chi connectivity index (χ4v) is 0.652. The van der Waals surface area contributed by atoms with Gasteiger partial charge in [-0.2, -0.15) is 0 Å². The molecule has 1 aromatic carbocycles. The predicted molar refractivity (Wildman–Crippen MR) is 41.3 cm³/mol. The van der Waals surface area contributed by atoms with E-state index in [0.717, 1.165) is 6.20 Å². The molecular weight excluding hydrogens is 142 g/mol. The van der Waals surface area contributed by atoms with Crippen molar-refractivity contribution in [3.05, 3.63) is 52.2 Å². The first-order chi connectivity index (χ1) is 5.29. The molecule has 0 aliphatic rings. The third-order valence-corrected chi connectivity index (χ3v) is 1.11. The lowest BCUT2D eigenvalue weighted by atomic mass is 10.2. The van der Waals surface area contributed by atoms with Gasteiger partial charge in [0.1, 0.15) is 0 Å². The van der Waals surface area contributed by atoms with E-state index < -0.39 is 4.92 Å². The van der Waals surface area contributed by atoms with E-state index in [9.17, 15) is 10.1 Å². The van der Waals surface area contributed by atoms with Crippen LogP contribution in [-0.2, 0) is 0 Å². The summed E-state index contributed by atoms with van der Waals surface area (Å²) in [6.07, 6.45) is 2.30. The minimum absolute atomic E-state index is 0.499. The van der Waals surface area contributed by atoms with E-state index in [0.29, 0.717) is 5.56 Å². The van der Waals surface area contributed by atoms with Gasteiger partial charge in [0.25, 0.3) is 0 Å². The number of nitro groups is 1. The zero-order valence-electron chi connectivity index (χ0n) is 5.73. The van der Waals surface area contributed by atoms with Crippen molar-refractivity contribution in [2.75, 3.05) is 0 Å². The van der Waals surface area contributed by atoms with Crippen molar-refractivity contribution in [3.8, 4) is 0 Å². The highest BCUT2D eigenvalue weighted by Gasteiger charge is 1.86. The Morgan fingerprint density at radius 3 is 2.91 bits per heavy atom. The van der Waals surface area contributed by atoms with Gasteiger partial charge in [0.2, 0.25) is 6.20 Å². The van der Waals surface area contributed by atoms with Gasteiger partial charge >= 0.3 is 0 Å². The summed E-state index contributed by atoms with van der Waals surface area (Å²) in [6.45, 7) is 0. The first-order valence-electron chi connectivity index (χ1n) is 3.07. The molecule has 0 unspecified atom stereocenters. The number of nitrogens with zero attached hydrogens (tertiary/aromatic N) is 1. The van der Waals surface area contributed by atoms with Crippen LogP contribution in [0.3, 0.4) is 0 Å². The van der Waals surface area contributed by atoms with Crippen molar-refractivity contribution < 1.29 is 4.92 Å². The summed E-state index contributed by atoms with van der Waals surface area (Å²) < 4.78 is 0. The van der Waals surface area contributed by atoms with Crippen LogP contribution in [0.1, 0.15) is 5.56 Å². The first-order valence-corrected chi connectivity index (χ1v) is 3.07. The Bertz CT molecular complexity index is 267. The van der Waals surface area contributed by atoms with Crippen molar-refractivity contribution in [1.82, 2.24) is 0 Å². The summed E-state index contributed by atoms with van der Waals surface area (Å²) in [5, 5.41) is 9.88. The molecule has 1 radical (unpaired) electrons. The molecule has 0 aromatic heterocycles. The number of benzene rings is 1. The minimum Gasteiger partial charge on any atom is -0.259 e. The standard InChI is InChI=1S/C8H6NO2/c10-9(11)7-6-8-4-2-1-3-5-8/h1-4,6-7H. The molecule has 0 aliphatic carbocycles. The first kappa shape index (κ1) is 7.47. The third kappa shape index (κ3) is 2.62. The molecule has 0 saturated heterocycles. The van der Waals surface area contributed by atoms with Crippen molar-refractivity contribution in [2.24, 2.45) is 0 Å². The fraction of sp³-hybridized carbons (Fsp3) is 0. The maximum absolute atomic E-state index is 9.88. The van der Waals surface area contributed by atoms with Gasteiger partial charge in [-0.15, -0.1) is 0 Å². The Morgan fingerprint density at radius 2 is 2.36 bits per heavy atom. The zero-order chi connectivity index (χ0) is 8.10. The van der Waals surface area contributed by atoms with Gasteiger partial charge in [-0.05, 0) is 11.6 Å². The normalized spacial score (nSPS) is 10.2. The van der Waals surface area contributed by atoms with Crippen molar-refractivity contribution in [3.63, 3.8) is 0 Å². The van der Waals surface area contributed by atoms with Gasteiger partial charge in [-0.25, -0.2) is 0 Å². The van der Waals surface area contributed by atoms with Crippen LogP contribution in [0, 0.1) is 16.2 Å². The van der Waals surface area contributed by atoms with Gasteiger partial charge in [0.05, 0.1) is 4.92 Å². The van der Waals surface area contributed by atoms with Crippen LogP contribution in [0.15, 0.2) is 30.5 Å². The maximum Gasteiger partial charge on any atom is 0.235 e. The minimum atomic E-state index is -0.499. The zero-order valence-corrected chi connectivity index (χ0v) is 5.73. The van der Waals surface area contributed by atoms with Gasteiger partial charge < -0.3 is 0 Å². The molecule has 0 heterocycles. The maximum atomic E-state index is 9.88. The largest absolute Gasteiger partial charge is 0.259 e. The van der Waals surface area contributed by atoms with E-state index >= 15 is 0 Å². The molecule has 0 aliphatic heterocycles. The van der Waals surface area contributed by atoms with E-state index in [4.69, 9.17) is 0 Å². The molecule has 0 fully saturated rings. The molecule has 0 spiro atoms. The highest BCUT2D eigenvalue weighted by atomic mass is 16.6. The molecule has 3 heteroatoms. The van der Waals surface area contributed by atoms with E-state index in [1.54, 1.807) is 18.2 Å². The lowest BCUT2D eigenvalue weighted by Gasteiger charge is -1.85. The van der Waals surface area contributed by atoms with E-state index in [-0.39, 0.29) is 0 Å². The van der Waals surface area contributed by atoms with Crippen LogP contribution in [0.5, 0.6) is 0 Å². The molecule has 0 bridgehead atoms. The molecule has 0 amide bonds. The molecule has 0 N–H and O–H groups in total. The van der Waals surface area contributed by atoms with Crippen LogP contribution in [-0.4, -0.2) is 4.92 Å². The average molecular weight is 148 g/mol. The van der Waals surface area contributed by atoms with Crippen LogP contribution in [0.4, 0.5) is 0 Å². The second-order valence-corrected chi connectivity index (χ2v) is 1.92. The second kappa shape index (κ2) is 3.51. The molecule has 3 nitrogen and oxygen atoms in total. The van der Waals surface area contributed by atoms with Crippen LogP contribution in [0.25, 0.3) is 6.08 Å². The van der Waals surface area contributed by atoms with Crippen molar-refractivity contribution >= 4 is 6.08 Å². The molecular formula is C8H6NO2. The summed E-state index contributed by atoms with van der Waals surface area (Å²) in [4.78, 5) is 9.38. The second-order valence-electron chi connectivity index (χ2n) is 1.92. The third-order valence-electron chi connectivity index (χ3n) is 1.11. The number of hydrogen-bond donors (Lipinski definition) is 0. The summed E-state index contributed by atoms with van der Waals surface area (Å²) in [5.74, 6) is 0. The molecule has 55 valence electrons. The molecule has 1 rings (SSSR count). The van der Waals surface area contributed by atoms with E-state index in [1.165, 1.54) is 6.08 Å². The summed E-state index contributed by atoms with van der Waals surface area (Å²) in [6, 6.07) is 9.90. The van der Waals surface area contributed by atoms with E-state index in [1.807, 2.05) is 6.07 Å². The molecule has 0 saturated carbocycles. The summed E-state index contributed by atoms with van der Waals surface area (Å²) >= 11 is 0. The van der Waals surface area contributed by atoms with Crippen LogP contribution < -0.4 is 0 Å². The molecule has 11 heavy (non-hydrogen) atoms. The Balaban J connectivity index is 2.72. The summed E-state index contributed by atoms with van der Waals surface area (Å²) in [7, 11) is 0. The van der Waals surface area contributed by atoms with Gasteiger partial charge in [0, 0.05) is 6.08 Å². The molecule has 0 atom stereocenters. The van der Waals surface area contributed by atoms with E-state index in [2.05, 4.69) is 6.07 Å². The summed E-state index contributed by atoms with van der Waals surface area (Å²) in [5.41, 5.74) is 0.712. The van der Waals surface area contributed by atoms with Gasteiger partial charge in [-0.1, -0.05) is 24.3 Å². The van der Waals surface area contributed by atoms with Crippen LogP contribution in [0.2, 0.25) is 0 Å². The van der Waals surface area contributed by atoms with Gasteiger partial charge in [0.15, 0.2) is 0 Å². The number of rotatable bonds is 2. The SMILES string of the molecule is O=[N+]([O-])C=Cc1[c]cccc1. The highest BCUT2D eigenvalue weighted by molar-refractivity contribution is 5.46. The van der Waals surface area contributed by atoms with Crippen molar-refractivity contribution in [2.45, 2.75) is 0 Å². The highest BCUT2D eigenvalue weighted by Crippen LogP contribution is 1.99. The number of hydrogen-bond acceptors (Lipinski definition) is 2. The molecule has 1 aromatic rings. The Morgan fingerprint density at radius 1 is 1.55 bits per heavy atom. The predicted octanol–water partition coefficient (Wildman–Crippen LogP) is 1.73. The smallest absolute Gasteiger partial charge is 0.235 e. The topological polar surface area (TPSA) is 43.1 Å². The average Bonchev–Trinajstić information content (AvgIpc) is 2.03. The fourth-order valence-electron chi connectivity index (χ4n) is 0.652. The Kier molecular flexibility index (Phi) is 2.38.